The molecule has 7 heteroatoms. The molecule has 1 saturated heterocycles. The van der Waals surface area contributed by atoms with Gasteiger partial charge in [-0.15, -0.1) is 0 Å². The number of carbonyl (C=O) groups excluding carboxylic acids is 1. The molecule has 20 heavy (non-hydrogen) atoms. The fourth-order valence-corrected chi connectivity index (χ4v) is 4.09. The van der Waals surface area contributed by atoms with Gasteiger partial charge >= 0.3 is 0 Å². The lowest BCUT2D eigenvalue weighted by Crippen LogP contribution is -2.47. The van der Waals surface area contributed by atoms with Gasteiger partial charge in [0.05, 0.1) is 5.75 Å². The van der Waals surface area contributed by atoms with Gasteiger partial charge in [-0.25, -0.2) is 13.1 Å². The van der Waals surface area contributed by atoms with Crippen molar-refractivity contribution in [2.75, 3.05) is 25.9 Å². The number of likely N-dealkylation sites (tertiary alicyclic amines) is 1. The molecule has 2 N–H and O–H groups in total. The molecule has 0 spiro atoms. The van der Waals surface area contributed by atoms with Gasteiger partial charge in [-0.3, -0.25) is 4.79 Å². The van der Waals surface area contributed by atoms with E-state index in [9.17, 15) is 13.2 Å². The molecule has 1 amide bonds. The van der Waals surface area contributed by atoms with Crippen LogP contribution in [0.4, 0.5) is 0 Å². The van der Waals surface area contributed by atoms with Crippen LogP contribution in [0.1, 0.15) is 39.0 Å². The molecule has 1 aliphatic heterocycles. The predicted molar refractivity (Wildman–Crippen MR) is 80.0 cm³/mol. The highest BCUT2D eigenvalue weighted by Crippen LogP contribution is 2.10. The maximum absolute atomic E-state index is 12.1. The van der Waals surface area contributed by atoms with Crippen LogP contribution in [0.25, 0.3) is 0 Å². The Labute approximate surface area is 122 Å². The summed E-state index contributed by atoms with van der Waals surface area (Å²) in [6.45, 7) is 3.88. The Kier molecular flexibility index (Phi) is 7.47. The van der Waals surface area contributed by atoms with Gasteiger partial charge in [0, 0.05) is 12.1 Å². The zero-order valence-corrected chi connectivity index (χ0v) is 13.3. The van der Waals surface area contributed by atoms with Crippen LogP contribution in [-0.2, 0) is 14.8 Å². The number of hydrogen-bond acceptors (Lipinski definition) is 4. The Balaban J connectivity index is 2.47. The number of rotatable bonds is 9. The minimum Gasteiger partial charge on any atom is -0.355 e. The van der Waals surface area contributed by atoms with Crippen LogP contribution in [0.15, 0.2) is 0 Å². The highest BCUT2D eigenvalue weighted by molar-refractivity contribution is 7.89. The molecular weight excluding hydrogens is 278 g/mol. The smallest absolute Gasteiger partial charge is 0.213 e. The van der Waals surface area contributed by atoms with Crippen LogP contribution in [0, 0.1) is 0 Å². The summed E-state index contributed by atoms with van der Waals surface area (Å²) in [5.74, 6) is -0.0297. The SMILES string of the molecule is CCCC[C@@H](CS(=O)(=O)NC1CCN(C)CC1)NC=O. The van der Waals surface area contributed by atoms with Crippen molar-refractivity contribution in [2.45, 2.75) is 51.1 Å². The molecule has 0 aliphatic carbocycles. The summed E-state index contributed by atoms with van der Waals surface area (Å²) >= 11 is 0. The first-order valence-corrected chi connectivity index (χ1v) is 9.00. The molecule has 1 fully saturated rings. The van der Waals surface area contributed by atoms with Gasteiger partial charge in [-0.2, -0.15) is 0 Å². The lowest BCUT2D eigenvalue weighted by molar-refractivity contribution is -0.110. The third-order valence-electron chi connectivity index (χ3n) is 3.70. The number of piperidine rings is 1. The summed E-state index contributed by atoms with van der Waals surface area (Å²) < 4.78 is 27.1. The number of carbonyl (C=O) groups is 1. The van der Waals surface area contributed by atoms with E-state index in [1.807, 2.05) is 14.0 Å². The molecule has 1 heterocycles. The monoisotopic (exact) mass is 305 g/mol. The third-order valence-corrected chi connectivity index (χ3v) is 5.23. The first-order valence-electron chi connectivity index (χ1n) is 7.35. The van der Waals surface area contributed by atoms with Crippen LogP contribution in [0.5, 0.6) is 0 Å². The van der Waals surface area contributed by atoms with Gasteiger partial charge < -0.3 is 10.2 Å². The van der Waals surface area contributed by atoms with E-state index >= 15 is 0 Å². The molecule has 0 aromatic carbocycles. The van der Waals surface area contributed by atoms with Crippen molar-refractivity contribution in [2.24, 2.45) is 0 Å². The highest BCUT2D eigenvalue weighted by atomic mass is 32.2. The first-order chi connectivity index (χ1) is 9.46. The van der Waals surface area contributed by atoms with Crippen LogP contribution >= 0.6 is 0 Å². The Morgan fingerprint density at radius 1 is 1.35 bits per heavy atom. The van der Waals surface area contributed by atoms with Crippen molar-refractivity contribution in [3.05, 3.63) is 0 Å². The number of nitrogens with zero attached hydrogens (tertiary/aromatic N) is 1. The van der Waals surface area contributed by atoms with Crippen LogP contribution in [-0.4, -0.2) is 57.7 Å². The summed E-state index contributed by atoms with van der Waals surface area (Å²) in [6.07, 6.45) is 4.87. The molecule has 0 radical (unpaired) electrons. The number of sulfonamides is 1. The summed E-state index contributed by atoms with van der Waals surface area (Å²) in [6, 6.07) is -0.268. The Morgan fingerprint density at radius 3 is 2.55 bits per heavy atom. The largest absolute Gasteiger partial charge is 0.355 e. The summed E-state index contributed by atoms with van der Waals surface area (Å²) in [4.78, 5) is 12.8. The topological polar surface area (TPSA) is 78.5 Å². The Morgan fingerprint density at radius 2 is 2.00 bits per heavy atom. The normalized spacial score (nSPS) is 19.7. The molecule has 1 atom stereocenters. The van der Waals surface area contributed by atoms with E-state index < -0.39 is 10.0 Å². The molecule has 0 bridgehead atoms. The minimum absolute atomic E-state index is 0.0271. The average molecular weight is 305 g/mol. The van der Waals surface area contributed by atoms with Gasteiger partial charge in [0.1, 0.15) is 0 Å². The second kappa shape index (κ2) is 8.59. The fourth-order valence-electron chi connectivity index (χ4n) is 2.45. The summed E-state index contributed by atoms with van der Waals surface area (Å²) in [5, 5.41) is 2.61. The molecular formula is C13H27N3O3S. The van der Waals surface area contributed by atoms with Crippen LogP contribution < -0.4 is 10.0 Å². The number of amides is 1. The lowest BCUT2D eigenvalue weighted by atomic mass is 10.1. The standard InChI is InChI=1S/C13H27N3O3S/c1-3-4-5-13(14-11-17)10-20(18,19)15-12-6-8-16(2)9-7-12/h11-13,15H,3-10H2,1-2H3,(H,14,17)/t13-/m0/s1. The Hall–Kier alpha value is -0.660. The Bertz CT molecular complexity index is 378. The zero-order chi connectivity index (χ0) is 15.0. The lowest BCUT2D eigenvalue weighted by Gasteiger charge is -2.29. The molecule has 1 rings (SSSR count). The molecule has 118 valence electrons. The second-order valence-electron chi connectivity index (χ2n) is 5.60. The molecule has 0 unspecified atom stereocenters. The number of nitrogens with one attached hydrogen (secondary N) is 2. The van der Waals surface area contributed by atoms with Crippen molar-refractivity contribution in [3.63, 3.8) is 0 Å². The van der Waals surface area contributed by atoms with Crippen molar-refractivity contribution < 1.29 is 13.2 Å². The third kappa shape index (κ3) is 6.67. The predicted octanol–water partition coefficient (Wildman–Crippen LogP) is 0.305. The van der Waals surface area contributed by atoms with E-state index in [2.05, 4.69) is 14.9 Å². The van der Waals surface area contributed by atoms with E-state index in [0.29, 0.717) is 12.8 Å². The maximum atomic E-state index is 12.1. The van der Waals surface area contributed by atoms with Crippen molar-refractivity contribution in [1.29, 1.82) is 0 Å². The van der Waals surface area contributed by atoms with Crippen molar-refractivity contribution >= 4 is 16.4 Å². The van der Waals surface area contributed by atoms with Gasteiger partial charge in [0.25, 0.3) is 0 Å². The van der Waals surface area contributed by atoms with Gasteiger partial charge in [-0.05, 0) is 39.4 Å². The van der Waals surface area contributed by atoms with Crippen molar-refractivity contribution in [3.8, 4) is 0 Å². The molecule has 1 aliphatic rings. The van der Waals surface area contributed by atoms with Gasteiger partial charge in [0.2, 0.25) is 16.4 Å². The van der Waals surface area contributed by atoms with Crippen LogP contribution in [0.2, 0.25) is 0 Å². The number of hydrogen-bond donors (Lipinski definition) is 2. The summed E-state index contributed by atoms with van der Waals surface area (Å²) in [5.41, 5.74) is 0. The van der Waals surface area contributed by atoms with E-state index in [0.717, 1.165) is 38.8 Å². The van der Waals surface area contributed by atoms with Crippen molar-refractivity contribution in [1.82, 2.24) is 14.9 Å². The first kappa shape index (κ1) is 17.4. The fraction of sp³-hybridized carbons (Fsp3) is 0.923. The van der Waals surface area contributed by atoms with E-state index in [1.54, 1.807) is 0 Å². The highest BCUT2D eigenvalue weighted by Gasteiger charge is 2.24. The number of unbranched alkanes of at least 4 members (excludes halogenated alkanes) is 1. The quantitative estimate of drug-likeness (QED) is 0.601. The second-order valence-corrected chi connectivity index (χ2v) is 7.40. The van der Waals surface area contributed by atoms with E-state index in [1.165, 1.54) is 0 Å². The maximum Gasteiger partial charge on any atom is 0.213 e. The zero-order valence-electron chi connectivity index (χ0n) is 12.5. The average Bonchev–Trinajstić information content (AvgIpc) is 2.38. The van der Waals surface area contributed by atoms with E-state index in [4.69, 9.17) is 0 Å². The summed E-state index contributed by atoms with van der Waals surface area (Å²) in [7, 11) is -1.30. The molecule has 0 saturated carbocycles. The van der Waals surface area contributed by atoms with Crippen LogP contribution in [0.3, 0.4) is 0 Å². The molecule has 0 aromatic heterocycles. The van der Waals surface area contributed by atoms with E-state index in [-0.39, 0.29) is 17.8 Å². The molecule has 6 nitrogen and oxygen atoms in total. The molecule has 0 aromatic rings. The van der Waals surface area contributed by atoms with Gasteiger partial charge in [-0.1, -0.05) is 19.8 Å². The van der Waals surface area contributed by atoms with Gasteiger partial charge in [0.15, 0.2) is 0 Å². The minimum atomic E-state index is -3.34.